The first-order valence-corrected chi connectivity index (χ1v) is 9.11. The smallest absolute Gasteiger partial charge is 0.254 e. The number of carbonyl (C=O) groups excluding carboxylic acids is 1. The molecule has 0 unspecified atom stereocenters. The molecule has 1 aliphatic rings. The fraction of sp³-hybridized carbons (Fsp3) is 0.227. The van der Waals surface area contributed by atoms with Gasteiger partial charge in [0.1, 0.15) is 5.82 Å². The number of hydrogen-bond donors (Lipinski definition) is 1. The molecule has 0 spiro atoms. The van der Waals surface area contributed by atoms with Crippen LogP contribution in [-0.2, 0) is 17.8 Å². The molecule has 1 aromatic heterocycles. The molecular formula is C22H21N3O2. The molecule has 2 heterocycles. The van der Waals surface area contributed by atoms with Crippen LogP contribution in [0.4, 0.5) is 0 Å². The van der Waals surface area contributed by atoms with Gasteiger partial charge in [-0.3, -0.25) is 9.59 Å². The van der Waals surface area contributed by atoms with E-state index in [0.717, 1.165) is 11.1 Å². The average molecular weight is 359 g/mol. The third kappa shape index (κ3) is 3.40. The highest BCUT2D eigenvalue weighted by Gasteiger charge is 2.31. The number of H-pyrrole nitrogens is 1. The van der Waals surface area contributed by atoms with Crippen LogP contribution in [0.3, 0.4) is 0 Å². The van der Waals surface area contributed by atoms with Gasteiger partial charge >= 0.3 is 0 Å². The van der Waals surface area contributed by atoms with E-state index in [9.17, 15) is 9.59 Å². The Morgan fingerprint density at radius 1 is 1.04 bits per heavy atom. The number of hydrogen-bond acceptors (Lipinski definition) is 3. The Kier molecular flexibility index (Phi) is 4.59. The Balaban J connectivity index is 1.69. The minimum atomic E-state index is -0.364. The molecule has 0 aliphatic carbocycles. The van der Waals surface area contributed by atoms with Crippen molar-refractivity contribution in [3.63, 3.8) is 0 Å². The second-order valence-electron chi connectivity index (χ2n) is 6.84. The minimum absolute atomic E-state index is 0.0396. The zero-order chi connectivity index (χ0) is 18.8. The van der Waals surface area contributed by atoms with Crippen LogP contribution in [0, 0.1) is 6.92 Å². The molecular weight excluding hydrogens is 338 g/mol. The van der Waals surface area contributed by atoms with Gasteiger partial charge in [-0.25, -0.2) is 4.98 Å². The first kappa shape index (κ1) is 17.2. The Morgan fingerprint density at radius 3 is 2.22 bits per heavy atom. The lowest BCUT2D eigenvalue weighted by Gasteiger charge is -2.31. The Bertz CT molecular complexity index is 973. The molecule has 0 fully saturated rings. The molecule has 2 aromatic carbocycles. The third-order valence-corrected chi connectivity index (χ3v) is 5.02. The number of aromatic nitrogens is 2. The van der Waals surface area contributed by atoms with Crippen molar-refractivity contribution in [2.45, 2.75) is 25.8 Å². The molecule has 0 saturated carbocycles. The summed E-state index contributed by atoms with van der Waals surface area (Å²) >= 11 is 0. The number of benzene rings is 2. The lowest BCUT2D eigenvalue weighted by Crippen LogP contribution is -2.41. The van der Waals surface area contributed by atoms with Gasteiger partial charge in [0, 0.05) is 12.1 Å². The van der Waals surface area contributed by atoms with Crippen LogP contribution in [0.2, 0.25) is 0 Å². The van der Waals surface area contributed by atoms with Gasteiger partial charge < -0.3 is 9.88 Å². The van der Waals surface area contributed by atoms with Crippen molar-refractivity contribution in [2.24, 2.45) is 0 Å². The van der Waals surface area contributed by atoms with Crippen molar-refractivity contribution in [1.29, 1.82) is 0 Å². The summed E-state index contributed by atoms with van der Waals surface area (Å²) in [5.41, 5.74) is 3.24. The van der Waals surface area contributed by atoms with Crippen molar-refractivity contribution >= 4 is 5.91 Å². The van der Waals surface area contributed by atoms with Crippen LogP contribution in [0.25, 0.3) is 0 Å². The van der Waals surface area contributed by atoms with E-state index in [4.69, 9.17) is 0 Å². The zero-order valence-corrected chi connectivity index (χ0v) is 15.2. The fourth-order valence-corrected chi connectivity index (χ4v) is 3.70. The highest BCUT2D eigenvalue weighted by molar-refractivity contribution is 5.87. The van der Waals surface area contributed by atoms with Crippen LogP contribution in [0.5, 0.6) is 0 Å². The third-order valence-electron chi connectivity index (χ3n) is 5.02. The van der Waals surface area contributed by atoms with Gasteiger partial charge in [-0.15, -0.1) is 0 Å². The second-order valence-corrected chi connectivity index (χ2v) is 6.84. The fourth-order valence-electron chi connectivity index (χ4n) is 3.70. The number of amides is 1. The highest BCUT2D eigenvalue weighted by Crippen LogP contribution is 2.28. The molecule has 3 aromatic rings. The summed E-state index contributed by atoms with van der Waals surface area (Å²) in [6.45, 7) is 2.66. The predicted octanol–water partition coefficient (Wildman–Crippen LogP) is 2.80. The van der Waals surface area contributed by atoms with E-state index < -0.39 is 0 Å². The number of nitrogens with zero attached hydrogens (tertiary/aromatic N) is 2. The maximum Gasteiger partial charge on any atom is 0.254 e. The van der Waals surface area contributed by atoms with E-state index in [2.05, 4.69) is 9.97 Å². The number of fused-ring (bicyclic) bond motifs is 1. The SMILES string of the molecule is Cc1nc2c(c(=O)[nH]1)CCN(C(=O)C(c1ccccc1)c1ccccc1)C2. The average Bonchev–Trinajstić information content (AvgIpc) is 2.69. The molecule has 0 atom stereocenters. The molecule has 0 radical (unpaired) electrons. The monoisotopic (exact) mass is 359 g/mol. The number of nitrogens with one attached hydrogen (secondary N) is 1. The summed E-state index contributed by atoms with van der Waals surface area (Å²) in [4.78, 5) is 34.7. The number of carbonyl (C=O) groups is 1. The van der Waals surface area contributed by atoms with E-state index in [1.54, 1.807) is 6.92 Å². The number of rotatable bonds is 3. The van der Waals surface area contributed by atoms with Gasteiger partial charge in [-0.1, -0.05) is 60.7 Å². The molecule has 0 bridgehead atoms. The van der Waals surface area contributed by atoms with Gasteiger partial charge in [-0.2, -0.15) is 0 Å². The molecule has 1 aliphatic heterocycles. The number of aryl methyl sites for hydroxylation is 1. The summed E-state index contributed by atoms with van der Waals surface area (Å²) in [7, 11) is 0. The van der Waals surface area contributed by atoms with Gasteiger partial charge in [0.2, 0.25) is 5.91 Å². The standard InChI is InChI=1S/C22H21N3O2/c1-15-23-19-14-25(13-12-18(19)21(26)24-15)22(27)20(16-8-4-2-5-9-16)17-10-6-3-7-11-17/h2-11,20H,12-14H2,1H3,(H,23,24,26). The zero-order valence-electron chi connectivity index (χ0n) is 15.2. The molecule has 5 nitrogen and oxygen atoms in total. The summed E-state index contributed by atoms with van der Waals surface area (Å²) in [5, 5.41) is 0. The quantitative estimate of drug-likeness (QED) is 0.782. The van der Waals surface area contributed by atoms with Gasteiger partial charge in [-0.05, 0) is 24.5 Å². The molecule has 1 amide bonds. The highest BCUT2D eigenvalue weighted by atomic mass is 16.2. The van der Waals surface area contributed by atoms with Crippen molar-refractivity contribution in [2.75, 3.05) is 6.54 Å². The molecule has 1 N–H and O–H groups in total. The van der Waals surface area contributed by atoms with E-state index >= 15 is 0 Å². The molecule has 136 valence electrons. The topological polar surface area (TPSA) is 66.1 Å². The summed E-state index contributed by atoms with van der Waals surface area (Å²) in [6.07, 6.45) is 0.528. The second kappa shape index (κ2) is 7.19. The maximum atomic E-state index is 13.5. The predicted molar refractivity (Wildman–Crippen MR) is 103 cm³/mol. The number of aromatic amines is 1. The molecule has 5 heteroatoms. The summed E-state index contributed by atoms with van der Waals surface area (Å²) < 4.78 is 0. The normalized spacial score (nSPS) is 13.5. The van der Waals surface area contributed by atoms with Crippen molar-refractivity contribution in [1.82, 2.24) is 14.9 Å². The minimum Gasteiger partial charge on any atom is -0.336 e. The van der Waals surface area contributed by atoms with E-state index in [0.29, 0.717) is 36.6 Å². The van der Waals surface area contributed by atoms with Crippen LogP contribution in [0.15, 0.2) is 65.5 Å². The first-order valence-electron chi connectivity index (χ1n) is 9.11. The van der Waals surface area contributed by atoms with E-state index in [1.165, 1.54) is 0 Å². The lowest BCUT2D eigenvalue weighted by molar-refractivity contribution is -0.132. The Hall–Kier alpha value is -3.21. The van der Waals surface area contributed by atoms with Crippen LogP contribution < -0.4 is 5.56 Å². The van der Waals surface area contributed by atoms with Crippen LogP contribution in [-0.4, -0.2) is 27.3 Å². The largest absolute Gasteiger partial charge is 0.336 e. The Morgan fingerprint density at radius 2 is 1.63 bits per heavy atom. The van der Waals surface area contributed by atoms with Gasteiger partial charge in [0.25, 0.3) is 5.56 Å². The lowest BCUT2D eigenvalue weighted by atomic mass is 9.89. The van der Waals surface area contributed by atoms with E-state index in [-0.39, 0.29) is 17.4 Å². The Labute approximate surface area is 157 Å². The maximum absolute atomic E-state index is 13.5. The molecule has 27 heavy (non-hydrogen) atoms. The van der Waals surface area contributed by atoms with Crippen molar-refractivity contribution < 1.29 is 4.79 Å². The molecule has 0 saturated heterocycles. The van der Waals surface area contributed by atoms with Crippen molar-refractivity contribution in [3.8, 4) is 0 Å². The van der Waals surface area contributed by atoms with Gasteiger partial charge in [0.05, 0.1) is 18.2 Å². The van der Waals surface area contributed by atoms with Gasteiger partial charge in [0.15, 0.2) is 0 Å². The van der Waals surface area contributed by atoms with Crippen LogP contribution in [0.1, 0.15) is 34.1 Å². The first-order chi connectivity index (χ1) is 13.1. The summed E-state index contributed by atoms with van der Waals surface area (Å²) in [5.74, 6) is 0.255. The van der Waals surface area contributed by atoms with Crippen LogP contribution >= 0.6 is 0 Å². The van der Waals surface area contributed by atoms with Crippen molar-refractivity contribution in [3.05, 3.63) is 99.2 Å². The summed E-state index contributed by atoms with van der Waals surface area (Å²) in [6, 6.07) is 19.7. The molecule has 4 rings (SSSR count). The van der Waals surface area contributed by atoms with E-state index in [1.807, 2.05) is 65.6 Å².